The molecule has 0 bridgehead atoms. The second-order valence-corrected chi connectivity index (χ2v) is 7.54. The van der Waals surface area contributed by atoms with Gasteiger partial charge in [0.1, 0.15) is 0 Å². The van der Waals surface area contributed by atoms with Gasteiger partial charge in [-0.2, -0.15) is 0 Å². The third kappa shape index (κ3) is 2.91. The van der Waals surface area contributed by atoms with Crippen LogP contribution in [0.2, 0.25) is 0 Å². The summed E-state index contributed by atoms with van der Waals surface area (Å²) in [4.78, 5) is 15.0. The van der Waals surface area contributed by atoms with Gasteiger partial charge in [-0.1, -0.05) is 12.1 Å². The largest absolute Gasteiger partial charge is 0.396 e. The molecular weight excluding hydrogens is 304 g/mol. The van der Waals surface area contributed by atoms with E-state index in [2.05, 4.69) is 16.3 Å². The lowest BCUT2D eigenvalue weighted by Crippen LogP contribution is -2.35. The Labute approximate surface area is 143 Å². The predicted molar refractivity (Wildman–Crippen MR) is 93.1 cm³/mol. The van der Waals surface area contributed by atoms with E-state index in [-0.39, 0.29) is 23.8 Å². The highest BCUT2D eigenvalue weighted by Crippen LogP contribution is 2.58. The fourth-order valence-corrected chi connectivity index (χ4v) is 4.21. The summed E-state index contributed by atoms with van der Waals surface area (Å²) in [5.74, 6) is 0.656. The number of anilines is 2. The second kappa shape index (κ2) is 6.37. The molecule has 2 saturated heterocycles. The first-order chi connectivity index (χ1) is 11.7. The molecule has 1 spiro atoms. The van der Waals surface area contributed by atoms with Gasteiger partial charge in [0.25, 0.3) is 0 Å². The van der Waals surface area contributed by atoms with Gasteiger partial charge < -0.3 is 20.1 Å². The molecule has 2 atom stereocenters. The summed E-state index contributed by atoms with van der Waals surface area (Å²) in [5.41, 5.74) is 2.13. The number of ether oxygens (including phenoxy) is 1. The molecule has 2 unspecified atom stereocenters. The number of aliphatic hydroxyl groups excluding tert-OH is 1. The number of hydrogen-bond acceptors (Lipinski definition) is 4. The van der Waals surface area contributed by atoms with Crippen LogP contribution in [0.1, 0.15) is 25.7 Å². The molecule has 5 heteroatoms. The van der Waals surface area contributed by atoms with E-state index in [4.69, 9.17) is 4.74 Å². The minimum Gasteiger partial charge on any atom is -0.396 e. The van der Waals surface area contributed by atoms with E-state index in [1.165, 1.54) is 0 Å². The molecule has 4 rings (SSSR count). The van der Waals surface area contributed by atoms with Crippen molar-refractivity contribution in [3.05, 3.63) is 24.3 Å². The Balaban J connectivity index is 1.43. The lowest BCUT2D eigenvalue weighted by molar-refractivity contribution is -0.118. The average molecular weight is 330 g/mol. The first-order valence-electron chi connectivity index (χ1n) is 9.05. The van der Waals surface area contributed by atoms with Gasteiger partial charge in [-0.05, 0) is 43.7 Å². The van der Waals surface area contributed by atoms with Crippen molar-refractivity contribution in [1.82, 2.24) is 0 Å². The summed E-state index contributed by atoms with van der Waals surface area (Å²) in [6.45, 7) is 3.66. The number of piperidine rings is 1. The molecule has 1 saturated carbocycles. The van der Waals surface area contributed by atoms with Crippen LogP contribution in [0.25, 0.3) is 0 Å². The summed E-state index contributed by atoms with van der Waals surface area (Å²) in [6, 6.07) is 8.06. The van der Waals surface area contributed by atoms with Gasteiger partial charge in [-0.25, -0.2) is 0 Å². The second-order valence-electron chi connectivity index (χ2n) is 7.54. The third-order valence-corrected chi connectivity index (χ3v) is 6.02. The van der Waals surface area contributed by atoms with E-state index in [0.29, 0.717) is 5.92 Å². The molecule has 3 fully saturated rings. The highest BCUT2D eigenvalue weighted by Gasteiger charge is 2.59. The van der Waals surface area contributed by atoms with Gasteiger partial charge in [-0.3, -0.25) is 4.79 Å². The van der Waals surface area contributed by atoms with E-state index < -0.39 is 0 Å². The standard InChI is InChI=1S/C19H26N2O3/c22-12-14-5-8-21(9-6-14)17-4-2-1-3-16(17)20-18(23)15-11-19(15)7-10-24-13-19/h1-4,14-15,22H,5-13H2,(H,20,23). The van der Waals surface area contributed by atoms with Crippen molar-refractivity contribution in [2.75, 3.05) is 43.1 Å². The SMILES string of the molecule is O=C(Nc1ccccc1N1CCC(CO)CC1)C1CC12CCOC2. The smallest absolute Gasteiger partial charge is 0.228 e. The van der Waals surface area contributed by atoms with Crippen molar-refractivity contribution in [2.45, 2.75) is 25.7 Å². The molecule has 130 valence electrons. The Morgan fingerprint density at radius 1 is 1.33 bits per heavy atom. The maximum atomic E-state index is 12.7. The number of rotatable bonds is 4. The van der Waals surface area contributed by atoms with Gasteiger partial charge >= 0.3 is 0 Å². The van der Waals surface area contributed by atoms with Crippen molar-refractivity contribution in [2.24, 2.45) is 17.3 Å². The topological polar surface area (TPSA) is 61.8 Å². The van der Waals surface area contributed by atoms with Gasteiger partial charge in [-0.15, -0.1) is 0 Å². The molecule has 1 amide bonds. The molecular formula is C19H26N2O3. The van der Waals surface area contributed by atoms with Crippen LogP contribution in [0.15, 0.2) is 24.3 Å². The van der Waals surface area contributed by atoms with Crippen LogP contribution in [0, 0.1) is 17.3 Å². The van der Waals surface area contributed by atoms with E-state index in [9.17, 15) is 9.90 Å². The zero-order valence-electron chi connectivity index (χ0n) is 14.0. The number of nitrogens with zero attached hydrogens (tertiary/aromatic N) is 1. The summed E-state index contributed by atoms with van der Waals surface area (Å²) >= 11 is 0. The molecule has 0 aromatic heterocycles. The van der Waals surface area contributed by atoms with Gasteiger partial charge in [0.2, 0.25) is 5.91 Å². The van der Waals surface area contributed by atoms with Crippen LogP contribution < -0.4 is 10.2 Å². The number of aliphatic hydroxyl groups is 1. The highest BCUT2D eigenvalue weighted by atomic mass is 16.5. The molecule has 2 N–H and O–H groups in total. The molecule has 2 aliphatic heterocycles. The predicted octanol–water partition coefficient (Wildman–Crippen LogP) is 2.26. The molecule has 1 aromatic rings. The van der Waals surface area contributed by atoms with Crippen LogP contribution in [0.4, 0.5) is 11.4 Å². The molecule has 5 nitrogen and oxygen atoms in total. The maximum absolute atomic E-state index is 12.7. The number of para-hydroxylation sites is 2. The number of carbonyl (C=O) groups excluding carboxylic acids is 1. The van der Waals surface area contributed by atoms with Gasteiger partial charge in [0, 0.05) is 37.6 Å². The van der Waals surface area contributed by atoms with Crippen molar-refractivity contribution in [3.8, 4) is 0 Å². The maximum Gasteiger partial charge on any atom is 0.228 e. The van der Waals surface area contributed by atoms with Crippen LogP contribution in [-0.4, -0.2) is 43.9 Å². The lowest BCUT2D eigenvalue weighted by Gasteiger charge is -2.34. The van der Waals surface area contributed by atoms with Crippen molar-refractivity contribution in [3.63, 3.8) is 0 Å². The summed E-state index contributed by atoms with van der Waals surface area (Å²) in [7, 11) is 0. The van der Waals surface area contributed by atoms with E-state index in [1.54, 1.807) is 0 Å². The lowest BCUT2D eigenvalue weighted by atomic mass is 9.97. The Bertz CT molecular complexity index is 604. The number of hydrogen-bond donors (Lipinski definition) is 2. The van der Waals surface area contributed by atoms with Crippen LogP contribution in [0.5, 0.6) is 0 Å². The van der Waals surface area contributed by atoms with Gasteiger partial charge in [0.05, 0.1) is 18.0 Å². The molecule has 1 aromatic carbocycles. The fourth-order valence-electron chi connectivity index (χ4n) is 4.21. The third-order valence-electron chi connectivity index (χ3n) is 6.02. The number of amides is 1. The molecule has 24 heavy (non-hydrogen) atoms. The molecule has 0 radical (unpaired) electrons. The van der Waals surface area contributed by atoms with Crippen LogP contribution in [-0.2, 0) is 9.53 Å². The quantitative estimate of drug-likeness (QED) is 0.889. The summed E-state index contributed by atoms with van der Waals surface area (Å²) in [6.07, 6.45) is 3.98. The minimum absolute atomic E-state index is 0.105. The van der Waals surface area contributed by atoms with Crippen molar-refractivity contribution in [1.29, 1.82) is 0 Å². The van der Waals surface area contributed by atoms with Crippen molar-refractivity contribution >= 4 is 17.3 Å². The first kappa shape index (κ1) is 15.9. The van der Waals surface area contributed by atoms with E-state index in [1.807, 2.05) is 18.2 Å². The highest BCUT2D eigenvalue weighted by molar-refractivity contribution is 5.98. The van der Waals surface area contributed by atoms with Crippen molar-refractivity contribution < 1.29 is 14.6 Å². The molecule has 1 aliphatic carbocycles. The summed E-state index contributed by atoms with van der Waals surface area (Å²) in [5, 5.41) is 12.5. The number of nitrogens with one attached hydrogen (secondary N) is 1. The summed E-state index contributed by atoms with van der Waals surface area (Å²) < 4.78 is 5.48. The first-order valence-corrected chi connectivity index (χ1v) is 9.05. The van der Waals surface area contributed by atoms with Gasteiger partial charge in [0.15, 0.2) is 0 Å². The fraction of sp³-hybridized carbons (Fsp3) is 0.632. The van der Waals surface area contributed by atoms with E-state index in [0.717, 1.165) is 63.4 Å². The zero-order valence-corrected chi connectivity index (χ0v) is 14.0. The van der Waals surface area contributed by atoms with Crippen LogP contribution >= 0.6 is 0 Å². The van der Waals surface area contributed by atoms with Crippen LogP contribution in [0.3, 0.4) is 0 Å². The normalized spacial score (nSPS) is 29.9. The Kier molecular flexibility index (Phi) is 4.22. The Morgan fingerprint density at radius 3 is 2.83 bits per heavy atom. The zero-order chi connectivity index (χ0) is 16.6. The molecule has 3 aliphatic rings. The monoisotopic (exact) mass is 330 g/mol. The minimum atomic E-state index is 0.105. The average Bonchev–Trinajstić information content (AvgIpc) is 3.13. The number of carbonyl (C=O) groups is 1. The Hall–Kier alpha value is -1.59. The van der Waals surface area contributed by atoms with E-state index >= 15 is 0 Å². The Morgan fingerprint density at radius 2 is 2.12 bits per heavy atom. The number of benzene rings is 1. The molecule has 2 heterocycles.